The maximum Gasteiger partial charge on any atom is 0.272 e. The van der Waals surface area contributed by atoms with Crippen molar-refractivity contribution in [1.82, 2.24) is 0 Å². The number of nitrogens with one attached hydrogen (secondary N) is 1. The van der Waals surface area contributed by atoms with Crippen molar-refractivity contribution in [3.05, 3.63) is 63.7 Å². The lowest BCUT2D eigenvalue weighted by molar-refractivity contribution is -0.385. The fraction of sp³-hybridized carbons (Fsp3) is 0.133. The Hall–Kier alpha value is -3.03. The first-order chi connectivity index (χ1) is 10.8. The Morgan fingerprint density at radius 1 is 1.22 bits per heavy atom. The zero-order chi connectivity index (χ0) is 17.0. The highest BCUT2D eigenvalue weighted by Gasteiger charge is 2.12. The highest BCUT2D eigenvalue weighted by atomic mass is 19.1. The number of halogens is 2. The SMILES string of the molecule is Cc1cc(OCC(=O)Nc2cc(F)cc(F)c2)ccc1[N+](=O)[O-]. The average molecular weight is 322 g/mol. The second kappa shape index (κ2) is 6.82. The largest absolute Gasteiger partial charge is 0.484 e. The number of nitro benzene ring substituents is 1. The molecular formula is C15H12F2N2O4. The van der Waals surface area contributed by atoms with Crippen molar-refractivity contribution < 1.29 is 23.2 Å². The van der Waals surface area contributed by atoms with Gasteiger partial charge in [-0.15, -0.1) is 0 Å². The average Bonchev–Trinajstić information content (AvgIpc) is 2.43. The van der Waals surface area contributed by atoms with E-state index in [1.165, 1.54) is 18.2 Å². The van der Waals surface area contributed by atoms with Crippen LogP contribution < -0.4 is 10.1 Å². The van der Waals surface area contributed by atoms with Crippen LogP contribution in [0.2, 0.25) is 0 Å². The lowest BCUT2D eigenvalue weighted by atomic mass is 10.2. The molecule has 0 atom stereocenters. The number of rotatable bonds is 5. The van der Waals surface area contributed by atoms with Gasteiger partial charge < -0.3 is 10.1 Å². The molecule has 1 amide bonds. The molecule has 0 saturated carbocycles. The Labute approximate surface area is 129 Å². The molecular weight excluding hydrogens is 310 g/mol. The minimum Gasteiger partial charge on any atom is -0.484 e. The van der Waals surface area contributed by atoms with Gasteiger partial charge in [0.05, 0.1) is 4.92 Å². The molecule has 0 heterocycles. The van der Waals surface area contributed by atoms with Crippen molar-refractivity contribution in [3.63, 3.8) is 0 Å². The smallest absolute Gasteiger partial charge is 0.272 e. The van der Waals surface area contributed by atoms with E-state index in [9.17, 15) is 23.7 Å². The van der Waals surface area contributed by atoms with E-state index in [1.807, 2.05) is 0 Å². The molecule has 0 radical (unpaired) electrons. The van der Waals surface area contributed by atoms with E-state index in [0.29, 0.717) is 11.6 Å². The zero-order valence-corrected chi connectivity index (χ0v) is 12.0. The molecule has 120 valence electrons. The molecule has 0 saturated heterocycles. The van der Waals surface area contributed by atoms with Gasteiger partial charge in [-0.3, -0.25) is 14.9 Å². The van der Waals surface area contributed by atoms with Crippen LogP contribution in [0.15, 0.2) is 36.4 Å². The van der Waals surface area contributed by atoms with E-state index in [0.717, 1.165) is 12.1 Å². The van der Waals surface area contributed by atoms with Gasteiger partial charge in [0.1, 0.15) is 17.4 Å². The van der Waals surface area contributed by atoms with Crippen LogP contribution in [0, 0.1) is 28.7 Å². The van der Waals surface area contributed by atoms with Crippen LogP contribution >= 0.6 is 0 Å². The fourth-order valence-electron chi connectivity index (χ4n) is 1.89. The van der Waals surface area contributed by atoms with Crippen LogP contribution in [0.5, 0.6) is 5.75 Å². The first-order valence-electron chi connectivity index (χ1n) is 6.49. The summed E-state index contributed by atoms with van der Waals surface area (Å²) < 4.78 is 31.2. The number of aryl methyl sites for hydroxylation is 1. The molecule has 0 spiro atoms. The van der Waals surface area contributed by atoms with Gasteiger partial charge in [0.2, 0.25) is 0 Å². The minimum absolute atomic E-state index is 0.0315. The van der Waals surface area contributed by atoms with E-state index in [-0.39, 0.29) is 17.1 Å². The maximum atomic E-state index is 13.0. The summed E-state index contributed by atoms with van der Waals surface area (Å²) in [5.41, 5.74) is 0.299. The Balaban J connectivity index is 1.96. The van der Waals surface area contributed by atoms with Gasteiger partial charge in [0.25, 0.3) is 11.6 Å². The topological polar surface area (TPSA) is 81.5 Å². The van der Waals surface area contributed by atoms with Gasteiger partial charge in [0.15, 0.2) is 6.61 Å². The van der Waals surface area contributed by atoms with Crippen LogP contribution in [0.25, 0.3) is 0 Å². The van der Waals surface area contributed by atoms with Crippen molar-refractivity contribution in [2.24, 2.45) is 0 Å². The van der Waals surface area contributed by atoms with E-state index >= 15 is 0 Å². The van der Waals surface area contributed by atoms with Gasteiger partial charge in [-0.2, -0.15) is 0 Å². The van der Waals surface area contributed by atoms with Crippen molar-refractivity contribution in [2.45, 2.75) is 6.92 Å². The molecule has 2 aromatic rings. The van der Waals surface area contributed by atoms with E-state index in [4.69, 9.17) is 4.74 Å². The molecule has 0 bridgehead atoms. The van der Waals surface area contributed by atoms with Crippen LogP contribution in [-0.4, -0.2) is 17.4 Å². The number of ether oxygens (including phenoxy) is 1. The molecule has 0 fully saturated rings. The maximum absolute atomic E-state index is 13.0. The quantitative estimate of drug-likeness (QED) is 0.677. The lowest BCUT2D eigenvalue weighted by Gasteiger charge is -2.08. The summed E-state index contributed by atoms with van der Waals surface area (Å²) in [6.45, 7) is 1.13. The summed E-state index contributed by atoms with van der Waals surface area (Å²) >= 11 is 0. The summed E-state index contributed by atoms with van der Waals surface area (Å²) in [5, 5.41) is 13.0. The molecule has 0 aliphatic rings. The van der Waals surface area contributed by atoms with Crippen LogP contribution in [0.4, 0.5) is 20.2 Å². The van der Waals surface area contributed by atoms with Gasteiger partial charge in [0, 0.05) is 23.4 Å². The number of carbonyl (C=O) groups is 1. The first kappa shape index (κ1) is 16.3. The van der Waals surface area contributed by atoms with Gasteiger partial charge in [-0.25, -0.2) is 8.78 Å². The molecule has 2 rings (SSSR count). The van der Waals surface area contributed by atoms with Gasteiger partial charge in [-0.05, 0) is 31.2 Å². The fourth-order valence-corrected chi connectivity index (χ4v) is 1.89. The van der Waals surface area contributed by atoms with Crippen molar-refractivity contribution >= 4 is 17.3 Å². The molecule has 1 N–H and O–H groups in total. The molecule has 23 heavy (non-hydrogen) atoms. The number of carbonyl (C=O) groups excluding carboxylic acids is 1. The number of benzene rings is 2. The molecule has 6 nitrogen and oxygen atoms in total. The van der Waals surface area contributed by atoms with Crippen molar-refractivity contribution in [1.29, 1.82) is 0 Å². The zero-order valence-electron chi connectivity index (χ0n) is 12.0. The van der Waals surface area contributed by atoms with Gasteiger partial charge in [-0.1, -0.05) is 0 Å². The van der Waals surface area contributed by atoms with Crippen molar-refractivity contribution in [3.8, 4) is 5.75 Å². The van der Waals surface area contributed by atoms with Crippen LogP contribution in [0.1, 0.15) is 5.56 Å². The monoisotopic (exact) mass is 322 g/mol. The van der Waals surface area contributed by atoms with Crippen LogP contribution in [0.3, 0.4) is 0 Å². The Bertz CT molecular complexity index is 745. The Morgan fingerprint density at radius 2 is 1.87 bits per heavy atom. The number of nitro groups is 1. The summed E-state index contributed by atoms with van der Waals surface area (Å²) in [6, 6.07) is 6.68. The molecule has 0 aromatic heterocycles. The highest BCUT2D eigenvalue weighted by Crippen LogP contribution is 2.23. The number of hydrogen-bond acceptors (Lipinski definition) is 4. The molecule has 2 aromatic carbocycles. The van der Waals surface area contributed by atoms with E-state index < -0.39 is 29.1 Å². The predicted molar refractivity (Wildman–Crippen MR) is 78.3 cm³/mol. The molecule has 0 aliphatic carbocycles. The third-order valence-electron chi connectivity index (χ3n) is 2.88. The summed E-state index contributed by atoms with van der Waals surface area (Å²) in [7, 11) is 0. The molecule has 8 heteroatoms. The Morgan fingerprint density at radius 3 is 2.43 bits per heavy atom. The number of nitrogens with zero attached hydrogens (tertiary/aromatic N) is 1. The second-order valence-electron chi connectivity index (χ2n) is 4.70. The minimum atomic E-state index is -0.813. The first-order valence-corrected chi connectivity index (χ1v) is 6.49. The van der Waals surface area contributed by atoms with E-state index in [1.54, 1.807) is 6.92 Å². The summed E-state index contributed by atoms with van der Waals surface area (Å²) in [4.78, 5) is 21.9. The third kappa shape index (κ3) is 4.47. The lowest BCUT2D eigenvalue weighted by Crippen LogP contribution is -2.20. The summed E-state index contributed by atoms with van der Waals surface area (Å²) in [6.07, 6.45) is 0. The Kier molecular flexibility index (Phi) is 4.85. The third-order valence-corrected chi connectivity index (χ3v) is 2.88. The number of hydrogen-bond donors (Lipinski definition) is 1. The van der Waals surface area contributed by atoms with Gasteiger partial charge >= 0.3 is 0 Å². The normalized spacial score (nSPS) is 10.2. The standard InChI is InChI=1S/C15H12F2N2O4/c1-9-4-13(2-3-14(9)19(21)22)23-8-15(20)18-12-6-10(16)5-11(17)7-12/h2-7H,8H2,1H3,(H,18,20). The van der Waals surface area contributed by atoms with Crippen LogP contribution in [-0.2, 0) is 4.79 Å². The summed E-state index contributed by atoms with van der Waals surface area (Å²) in [5.74, 6) is -1.97. The number of anilines is 1. The van der Waals surface area contributed by atoms with Crippen molar-refractivity contribution in [2.75, 3.05) is 11.9 Å². The number of amides is 1. The molecule has 0 unspecified atom stereocenters. The predicted octanol–water partition coefficient (Wildman–Crippen LogP) is 3.20. The highest BCUT2D eigenvalue weighted by molar-refractivity contribution is 5.91. The second-order valence-corrected chi connectivity index (χ2v) is 4.70. The van der Waals surface area contributed by atoms with E-state index in [2.05, 4.69) is 5.32 Å². The molecule has 0 aliphatic heterocycles.